The van der Waals surface area contributed by atoms with Gasteiger partial charge in [0, 0.05) is 62.2 Å². The number of carbonyl (C=O) groups excluding carboxylic acids is 16. The fourth-order valence-electron chi connectivity index (χ4n) is 12.4. The molecule has 110 heavy (non-hydrogen) atoms. The summed E-state index contributed by atoms with van der Waals surface area (Å²) in [5, 5.41) is 38.8. The van der Waals surface area contributed by atoms with Crippen molar-refractivity contribution in [2.24, 2.45) is 51.4 Å². The summed E-state index contributed by atoms with van der Waals surface area (Å²) in [6, 6.07) is 0.931. The highest BCUT2D eigenvalue weighted by atomic mass is 33.1. The largest absolute Gasteiger partial charge is 0.396 e. The van der Waals surface area contributed by atoms with E-state index in [9.17, 15) is 81.8 Å². The number of hydrogen-bond donors (Lipinski definition) is 17. The van der Waals surface area contributed by atoms with Crippen molar-refractivity contribution in [3.05, 3.63) is 35.9 Å². The number of rotatable bonds is 46. The van der Waals surface area contributed by atoms with Crippen molar-refractivity contribution in [1.29, 1.82) is 0 Å². The van der Waals surface area contributed by atoms with Crippen LogP contribution in [0.25, 0.3) is 0 Å². The molecule has 4 rings (SSSR count). The molecule has 39 heteroatoms. The van der Waals surface area contributed by atoms with E-state index in [4.69, 9.17) is 28.7 Å². The zero-order valence-electron chi connectivity index (χ0n) is 63.1. The molecule has 0 spiro atoms. The number of Topliss-reactive ketones (excluding diaryl/α,β-unsaturated/α-hetero) is 3. The number of nitrogens with two attached hydrogens (primary N) is 5. The summed E-state index contributed by atoms with van der Waals surface area (Å²) in [4.78, 5) is 223. The Morgan fingerprint density at radius 1 is 0.618 bits per heavy atom. The highest BCUT2D eigenvalue weighted by molar-refractivity contribution is 8.76. The molecule has 3 fully saturated rings. The van der Waals surface area contributed by atoms with Crippen LogP contribution in [-0.4, -0.2) is 252 Å². The second-order valence-electron chi connectivity index (χ2n) is 27.7. The van der Waals surface area contributed by atoms with E-state index in [1.54, 1.807) is 4.90 Å². The van der Waals surface area contributed by atoms with E-state index < -0.39 is 194 Å². The third-order valence-electron chi connectivity index (χ3n) is 18.5. The van der Waals surface area contributed by atoms with Crippen molar-refractivity contribution in [2.45, 2.75) is 198 Å². The second kappa shape index (κ2) is 51.0. The summed E-state index contributed by atoms with van der Waals surface area (Å²) in [7, 11) is 5.89. The van der Waals surface area contributed by atoms with Crippen LogP contribution in [0, 0.1) is 17.8 Å². The topological polar surface area (TPSA) is 575 Å². The number of aryl methyl sites for hydroxylation is 1. The molecule has 0 aliphatic carbocycles. The van der Waals surface area contributed by atoms with Gasteiger partial charge in [-0.05, 0) is 108 Å². The third-order valence-corrected chi connectivity index (χ3v) is 21.6. The van der Waals surface area contributed by atoms with Gasteiger partial charge in [0.25, 0.3) is 0 Å². The summed E-state index contributed by atoms with van der Waals surface area (Å²) in [5.41, 5.74) is 29.1. The number of aliphatic hydroxyl groups is 1. The Hall–Kier alpha value is -8.68. The number of aliphatic hydroxyl groups excluding tert-OH is 1. The SMILES string of the molecule is CCCC[C@H](NC(=O)[C@H]1CCCN1C(=O)CNC(=O)[C@@H](CCCCN)NC(=O)[C@H]1CSSC[C@@H](CC(=O)[C@H]2CCCN2C(=P)[C@@H](CCCN=C(N)N)NC(=O)[C@@H](CCC(N)=O)NC(=O)CNC(=O)CNC(=O)CNC(=O)CNC(=O)CN)C(=O)N[C@@H](CC(C)C)C(=O)C[C@@H](CO)C(=O)N1)C(=O)CCCc1ccccc1. The summed E-state index contributed by atoms with van der Waals surface area (Å²) in [5.74, 6) is -13.9. The Morgan fingerprint density at radius 3 is 1.83 bits per heavy atom. The minimum atomic E-state index is -1.43. The smallest absolute Gasteiger partial charge is 0.244 e. The summed E-state index contributed by atoms with van der Waals surface area (Å²) in [6.45, 7) is 2.37. The number of carbonyl (C=O) groups is 16. The molecule has 612 valence electrons. The average molecular weight is 1600 g/mol. The first-order valence-electron chi connectivity index (χ1n) is 37.5. The van der Waals surface area contributed by atoms with Crippen LogP contribution in [0.1, 0.15) is 148 Å². The van der Waals surface area contributed by atoms with Gasteiger partial charge in [-0.15, -0.1) is 8.86 Å². The van der Waals surface area contributed by atoms with E-state index in [2.05, 4.69) is 72.3 Å². The number of guanidine groups is 1. The van der Waals surface area contributed by atoms with Crippen LogP contribution >= 0.6 is 30.5 Å². The lowest BCUT2D eigenvalue weighted by atomic mass is 9.92. The average Bonchev–Trinajstić information content (AvgIpc) is 1.58. The molecule has 0 bridgehead atoms. The fourth-order valence-corrected chi connectivity index (χ4v) is 15.4. The van der Waals surface area contributed by atoms with Crippen LogP contribution in [0.5, 0.6) is 0 Å². The zero-order valence-corrected chi connectivity index (χ0v) is 65.7. The van der Waals surface area contributed by atoms with E-state index in [1.807, 2.05) is 51.1 Å². The van der Waals surface area contributed by atoms with Gasteiger partial charge in [-0.3, -0.25) is 86.6 Å². The maximum atomic E-state index is 14.9. The van der Waals surface area contributed by atoms with Crippen molar-refractivity contribution < 1.29 is 81.8 Å². The molecule has 3 heterocycles. The Bertz CT molecular complexity index is 3360. The molecule has 1 aromatic rings. The number of unbranched alkanes of at least 4 members (excludes halogenated alkanes) is 2. The minimum absolute atomic E-state index is 0.0432. The number of likely N-dealkylation sites (tertiary alicyclic amines) is 2. The minimum Gasteiger partial charge on any atom is -0.396 e. The Morgan fingerprint density at radius 2 is 1.21 bits per heavy atom. The molecule has 22 N–H and O–H groups in total. The van der Waals surface area contributed by atoms with Gasteiger partial charge in [-0.2, -0.15) is 0 Å². The molecular weight excluding hydrogens is 1490 g/mol. The van der Waals surface area contributed by atoms with E-state index in [0.717, 1.165) is 33.6 Å². The van der Waals surface area contributed by atoms with E-state index in [-0.39, 0.29) is 120 Å². The maximum absolute atomic E-state index is 14.9. The van der Waals surface area contributed by atoms with Crippen molar-refractivity contribution in [2.75, 3.05) is 83.6 Å². The van der Waals surface area contributed by atoms with Gasteiger partial charge >= 0.3 is 0 Å². The lowest BCUT2D eigenvalue weighted by molar-refractivity contribution is -0.140. The molecular formula is C71H114N19O17PS2. The quantitative estimate of drug-likeness (QED) is 0.00972. The number of nitrogens with zero attached hydrogens (tertiary/aromatic N) is 3. The first-order valence-corrected chi connectivity index (χ1v) is 40.5. The predicted molar refractivity (Wildman–Crippen MR) is 416 cm³/mol. The van der Waals surface area contributed by atoms with Gasteiger partial charge in [0.1, 0.15) is 24.2 Å². The number of hydrogen-bond acceptors (Lipinski definition) is 22. The molecule has 36 nitrogen and oxygen atoms in total. The first kappa shape index (κ1) is 93.7. The predicted octanol–water partition coefficient (Wildman–Crippen LogP) is -4.02. The number of nitrogens with one attached hydrogen (secondary N) is 11. The van der Waals surface area contributed by atoms with Crippen molar-refractivity contribution in [3.63, 3.8) is 0 Å². The monoisotopic (exact) mass is 1600 g/mol. The van der Waals surface area contributed by atoms with Gasteiger partial charge in [0.2, 0.25) is 76.8 Å². The lowest BCUT2D eigenvalue weighted by Crippen LogP contribution is -2.57. The van der Waals surface area contributed by atoms with Crippen molar-refractivity contribution in [1.82, 2.24) is 68.3 Å². The first-order chi connectivity index (χ1) is 52.5. The van der Waals surface area contributed by atoms with Crippen LogP contribution in [-0.2, 0) is 83.1 Å². The molecule has 3 saturated heterocycles. The van der Waals surface area contributed by atoms with Crippen LogP contribution in [0.4, 0.5) is 0 Å². The molecule has 10 atom stereocenters. The Balaban J connectivity index is 1.51. The number of aliphatic imine (C=N–C) groups is 1. The highest BCUT2D eigenvalue weighted by Crippen LogP contribution is 2.31. The van der Waals surface area contributed by atoms with Crippen LogP contribution in [0.3, 0.4) is 0 Å². The number of ketones is 3. The van der Waals surface area contributed by atoms with Gasteiger partial charge in [0.05, 0.1) is 81.9 Å². The van der Waals surface area contributed by atoms with Crippen LogP contribution in [0.15, 0.2) is 35.3 Å². The molecule has 1 aromatic carbocycles. The third kappa shape index (κ3) is 34.7. The second-order valence-corrected chi connectivity index (χ2v) is 30.8. The summed E-state index contributed by atoms with van der Waals surface area (Å²) in [6.07, 6.45) is 4.73. The number of amides is 13. The van der Waals surface area contributed by atoms with Gasteiger partial charge in [-0.1, -0.05) is 85.5 Å². The Kier molecular flexibility index (Phi) is 43.4. The normalized spacial score (nSPS) is 19.4. The molecule has 0 radical (unpaired) electrons. The molecule has 13 amide bonds. The maximum Gasteiger partial charge on any atom is 0.244 e. The fraction of sp³-hybridized carbons (Fsp3) is 0.662. The number of benzene rings is 1. The van der Waals surface area contributed by atoms with E-state index >= 15 is 0 Å². The molecule has 0 saturated carbocycles. The van der Waals surface area contributed by atoms with Crippen molar-refractivity contribution >= 4 is 136 Å². The van der Waals surface area contributed by atoms with Gasteiger partial charge in [0.15, 0.2) is 23.3 Å². The zero-order chi connectivity index (χ0) is 81.2. The standard InChI is InChI=1S/C71H114N19O17PS2/c1-4-5-18-46(54(92)23-11-17-43-15-7-6-8-16-43)84-69(107)53-22-14-28-89(53)63(101)38-82-66(104)47(19-9-10-26-72)85-68(106)51-41-110-109-40-45(65(103)87-50(30-42(2)3)55(93)31-44(39-91)64(102)88-51)32-56(94)52-21-13-29-90(52)70(108)49(20-12-27-77-71(75)76)86-67(105)48(24-25-57(74)95)83-62(100)37-81-61(99)36-80-60(98)35-79-59(97)34-78-58(96)33-73/h6-8,15-16,42,44-53,91,108H,4-5,9-14,17-41,72-73H2,1-3H3,(H2,74,95)(H,78,96)(H,79,97)(H,80,98)(H,81,99)(H,82,104)(H,83,100)(H,84,107)(H,85,106)(H,86,105)(H,87,103)(H,88,102)(H4,75,76,77)/t44-,45+,46-,47+,48+,49+,50-,51+,52+,53+/m0/s1. The van der Waals surface area contributed by atoms with E-state index in [0.29, 0.717) is 63.2 Å². The summed E-state index contributed by atoms with van der Waals surface area (Å²) < 4.78 is 0. The lowest BCUT2D eigenvalue weighted by Gasteiger charge is -2.32. The van der Waals surface area contributed by atoms with Crippen LogP contribution < -0.4 is 87.2 Å². The molecule has 3 aliphatic rings. The molecule has 0 unspecified atom stereocenters. The van der Waals surface area contributed by atoms with Gasteiger partial charge < -0.3 is 97.2 Å². The molecule has 3 aliphatic heterocycles. The Labute approximate surface area is 651 Å². The molecule has 0 aromatic heterocycles. The van der Waals surface area contributed by atoms with Crippen LogP contribution in [0.2, 0.25) is 0 Å². The summed E-state index contributed by atoms with van der Waals surface area (Å²) >= 11 is 0. The van der Waals surface area contributed by atoms with Crippen molar-refractivity contribution in [3.8, 4) is 0 Å². The van der Waals surface area contributed by atoms with Gasteiger partial charge in [-0.25, -0.2) is 0 Å². The van der Waals surface area contributed by atoms with E-state index in [1.165, 1.54) is 4.90 Å². The highest BCUT2D eigenvalue weighted by Gasteiger charge is 2.41. The number of primary amides is 1.